The Kier molecular flexibility index (Phi) is 5.68. The van der Waals surface area contributed by atoms with Crippen LogP contribution in [0.1, 0.15) is 10.4 Å². The van der Waals surface area contributed by atoms with Gasteiger partial charge in [0.15, 0.2) is 23.0 Å². The standard InChI is InChI=1S/C25H13BrF4N2O3/c1-34-23-21(29)19(27)18(20(28)22(23)30)24(33)31-11-8-9-17-16(10-11)32-25(35-17)14-6-2-5-13-12(14)4-3-7-15(13)26/h2-10H,1H3,(H,31,33). The molecule has 176 valence electrons. The highest BCUT2D eigenvalue weighted by Crippen LogP contribution is 2.34. The van der Waals surface area contributed by atoms with Crippen LogP contribution in [0, 0.1) is 23.3 Å². The van der Waals surface area contributed by atoms with Gasteiger partial charge in [-0.05, 0) is 41.1 Å². The maximum atomic E-state index is 14.3. The van der Waals surface area contributed by atoms with Gasteiger partial charge in [0.1, 0.15) is 11.1 Å². The Bertz CT molecular complexity index is 1620. The van der Waals surface area contributed by atoms with E-state index in [1.165, 1.54) is 18.2 Å². The van der Waals surface area contributed by atoms with Gasteiger partial charge in [0.05, 0.1) is 7.11 Å². The van der Waals surface area contributed by atoms with Gasteiger partial charge in [-0.1, -0.05) is 40.2 Å². The molecule has 35 heavy (non-hydrogen) atoms. The van der Waals surface area contributed by atoms with E-state index in [0.29, 0.717) is 17.0 Å². The molecular formula is C25H13BrF4N2O3. The van der Waals surface area contributed by atoms with Crippen molar-refractivity contribution in [3.05, 3.63) is 87.9 Å². The lowest BCUT2D eigenvalue weighted by molar-refractivity contribution is 0.101. The van der Waals surface area contributed by atoms with Crippen molar-refractivity contribution in [1.29, 1.82) is 0 Å². The number of halogens is 5. The zero-order valence-electron chi connectivity index (χ0n) is 17.8. The van der Waals surface area contributed by atoms with Crippen molar-refractivity contribution in [2.75, 3.05) is 12.4 Å². The second kappa shape index (κ2) is 8.70. The summed E-state index contributed by atoms with van der Waals surface area (Å²) in [4.78, 5) is 17.0. The lowest BCUT2D eigenvalue weighted by atomic mass is 10.0. The van der Waals surface area contributed by atoms with Crippen LogP contribution in [0.15, 0.2) is 63.5 Å². The fraction of sp³-hybridized carbons (Fsp3) is 0.0400. The zero-order valence-corrected chi connectivity index (χ0v) is 19.3. The van der Waals surface area contributed by atoms with Crippen molar-refractivity contribution in [3.63, 3.8) is 0 Å². The molecule has 5 nitrogen and oxygen atoms in total. The first kappa shape index (κ1) is 22.9. The molecular weight excluding hydrogens is 532 g/mol. The predicted molar refractivity (Wildman–Crippen MR) is 125 cm³/mol. The average Bonchev–Trinajstić information content (AvgIpc) is 3.26. The number of nitrogens with one attached hydrogen (secondary N) is 1. The van der Waals surface area contributed by atoms with Gasteiger partial charge in [-0.2, -0.15) is 8.78 Å². The Labute approximate surface area is 203 Å². The molecule has 1 amide bonds. The summed E-state index contributed by atoms with van der Waals surface area (Å²) in [7, 11) is 0.846. The molecule has 0 spiro atoms. The number of hydrogen-bond donors (Lipinski definition) is 1. The molecule has 1 aromatic heterocycles. The number of methoxy groups -OCH3 is 1. The molecule has 1 heterocycles. The van der Waals surface area contributed by atoms with Gasteiger partial charge in [-0.25, -0.2) is 13.8 Å². The number of carbonyl (C=O) groups excluding carboxylic acids is 1. The van der Waals surface area contributed by atoms with E-state index in [2.05, 4.69) is 31.0 Å². The summed E-state index contributed by atoms with van der Waals surface area (Å²) in [6.45, 7) is 0. The number of amides is 1. The van der Waals surface area contributed by atoms with Crippen LogP contribution >= 0.6 is 15.9 Å². The van der Waals surface area contributed by atoms with Crippen LogP contribution in [-0.2, 0) is 0 Å². The summed E-state index contributed by atoms with van der Waals surface area (Å²) in [5.74, 6) is -9.68. The molecule has 0 radical (unpaired) electrons. The molecule has 4 aromatic carbocycles. The molecule has 0 saturated heterocycles. The van der Waals surface area contributed by atoms with Crippen LogP contribution < -0.4 is 10.1 Å². The smallest absolute Gasteiger partial charge is 0.261 e. The largest absolute Gasteiger partial charge is 0.491 e. The van der Waals surface area contributed by atoms with Crippen molar-refractivity contribution >= 4 is 49.4 Å². The quantitative estimate of drug-likeness (QED) is 0.191. The maximum absolute atomic E-state index is 14.3. The summed E-state index contributed by atoms with van der Waals surface area (Å²) < 4.78 is 67.7. The molecule has 0 aliphatic heterocycles. The van der Waals surface area contributed by atoms with Crippen molar-refractivity contribution in [2.24, 2.45) is 0 Å². The Morgan fingerprint density at radius 1 is 0.943 bits per heavy atom. The van der Waals surface area contributed by atoms with Gasteiger partial charge >= 0.3 is 0 Å². The van der Waals surface area contributed by atoms with Crippen LogP contribution in [0.5, 0.6) is 5.75 Å². The number of rotatable bonds is 4. The highest BCUT2D eigenvalue weighted by molar-refractivity contribution is 9.10. The molecule has 5 rings (SSSR count). The van der Waals surface area contributed by atoms with Crippen LogP contribution in [-0.4, -0.2) is 18.0 Å². The van der Waals surface area contributed by atoms with Crippen molar-refractivity contribution in [2.45, 2.75) is 0 Å². The van der Waals surface area contributed by atoms with E-state index in [1.54, 1.807) is 0 Å². The molecule has 1 N–H and O–H groups in total. The molecule has 10 heteroatoms. The Hall–Kier alpha value is -3.92. The summed E-state index contributed by atoms with van der Waals surface area (Å²) in [5, 5.41) is 4.09. The van der Waals surface area contributed by atoms with E-state index >= 15 is 0 Å². The molecule has 0 bridgehead atoms. The third-order valence-corrected chi connectivity index (χ3v) is 6.09. The molecule has 0 atom stereocenters. The van der Waals surface area contributed by atoms with Gasteiger partial charge in [-0.15, -0.1) is 0 Å². The Balaban J connectivity index is 1.51. The number of carbonyl (C=O) groups is 1. The monoisotopic (exact) mass is 544 g/mol. The number of benzene rings is 4. The predicted octanol–water partition coefficient (Wildman–Crippen LogP) is 7.23. The number of fused-ring (bicyclic) bond motifs is 2. The third kappa shape index (κ3) is 3.79. The van der Waals surface area contributed by atoms with Gasteiger partial charge in [-0.3, -0.25) is 4.79 Å². The molecule has 5 aromatic rings. The van der Waals surface area contributed by atoms with E-state index in [0.717, 1.165) is 27.9 Å². The fourth-order valence-electron chi connectivity index (χ4n) is 3.76. The summed E-state index contributed by atoms with van der Waals surface area (Å²) >= 11 is 3.52. The average molecular weight is 545 g/mol. The normalized spacial score (nSPS) is 11.3. The first-order valence-corrected chi connectivity index (χ1v) is 10.9. The molecule has 0 aliphatic rings. The lowest BCUT2D eigenvalue weighted by Gasteiger charge is -2.11. The van der Waals surface area contributed by atoms with E-state index in [1.807, 2.05) is 36.4 Å². The van der Waals surface area contributed by atoms with Crippen molar-refractivity contribution < 1.29 is 31.5 Å². The first-order chi connectivity index (χ1) is 16.8. The van der Waals surface area contributed by atoms with E-state index in [9.17, 15) is 22.4 Å². The SMILES string of the molecule is COc1c(F)c(F)c(C(=O)Nc2ccc3oc(-c4cccc5c(Br)cccc45)nc3c2)c(F)c1F. The Morgan fingerprint density at radius 2 is 1.63 bits per heavy atom. The first-order valence-electron chi connectivity index (χ1n) is 10.1. The molecule has 0 fully saturated rings. The molecule has 0 saturated carbocycles. The van der Waals surface area contributed by atoms with Crippen LogP contribution in [0.2, 0.25) is 0 Å². The van der Waals surface area contributed by atoms with Crippen molar-refractivity contribution in [1.82, 2.24) is 4.98 Å². The summed E-state index contributed by atoms with van der Waals surface area (Å²) in [5.41, 5.74) is 0.141. The summed E-state index contributed by atoms with van der Waals surface area (Å²) in [6.07, 6.45) is 0. The number of anilines is 1. The molecule has 0 aliphatic carbocycles. The van der Waals surface area contributed by atoms with Crippen LogP contribution in [0.25, 0.3) is 33.3 Å². The number of nitrogens with zero attached hydrogens (tertiary/aromatic N) is 1. The fourth-order valence-corrected chi connectivity index (χ4v) is 4.26. The number of aromatic nitrogens is 1. The lowest BCUT2D eigenvalue weighted by Crippen LogP contribution is -2.18. The third-order valence-electron chi connectivity index (χ3n) is 5.40. The minimum absolute atomic E-state index is 0.0819. The Morgan fingerprint density at radius 3 is 2.34 bits per heavy atom. The van der Waals surface area contributed by atoms with Gasteiger partial charge in [0, 0.05) is 15.7 Å². The minimum atomic E-state index is -1.87. The number of oxazole rings is 1. The second-order valence-electron chi connectivity index (χ2n) is 7.46. The van der Waals surface area contributed by atoms with Crippen molar-refractivity contribution in [3.8, 4) is 17.2 Å². The van der Waals surface area contributed by atoms with E-state index < -0.39 is 40.5 Å². The summed E-state index contributed by atoms with van der Waals surface area (Å²) in [6, 6.07) is 15.7. The maximum Gasteiger partial charge on any atom is 0.261 e. The van der Waals surface area contributed by atoms with E-state index in [4.69, 9.17) is 4.42 Å². The van der Waals surface area contributed by atoms with Crippen LogP contribution in [0.4, 0.5) is 23.2 Å². The minimum Gasteiger partial charge on any atom is -0.491 e. The van der Waals surface area contributed by atoms with Gasteiger partial charge < -0.3 is 14.5 Å². The second-order valence-corrected chi connectivity index (χ2v) is 8.31. The highest BCUT2D eigenvalue weighted by Gasteiger charge is 2.30. The number of ether oxygens (including phenoxy) is 1. The molecule has 0 unspecified atom stereocenters. The van der Waals surface area contributed by atoms with Gasteiger partial charge in [0.25, 0.3) is 5.91 Å². The highest BCUT2D eigenvalue weighted by atomic mass is 79.9. The topological polar surface area (TPSA) is 64.4 Å². The van der Waals surface area contributed by atoms with Crippen LogP contribution in [0.3, 0.4) is 0 Å². The zero-order chi connectivity index (χ0) is 24.9. The van der Waals surface area contributed by atoms with E-state index in [-0.39, 0.29) is 5.69 Å². The van der Waals surface area contributed by atoms with Gasteiger partial charge in [0.2, 0.25) is 17.5 Å². The number of hydrogen-bond acceptors (Lipinski definition) is 4.